The van der Waals surface area contributed by atoms with E-state index in [-0.39, 0.29) is 5.91 Å². The molecule has 1 N–H and O–H groups in total. The third-order valence-electron chi connectivity index (χ3n) is 4.11. The Labute approximate surface area is 175 Å². The number of para-hydroxylation sites is 1. The number of carbonyl (C=O) groups is 2. The Hall–Kier alpha value is -2.35. The molecule has 0 unspecified atom stereocenters. The molecule has 0 aliphatic heterocycles. The van der Waals surface area contributed by atoms with Crippen molar-refractivity contribution >= 4 is 51.2 Å². The fraction of sp³-hybridized carbons (Fsp3) is 0.200. The topological polar surface area (TPSA) is 64.6 Å². The third-order valence-corrected chi connectivity index (χ3v) is 6.52. The van der Waals surface area contributed by atoms with Crippen molar-refractivity contribution in [3.8, 4) is 5.75 Å². The summed E-state index contributed by atoms with van der Waals surface area (Å²) in [5.74, 6) is -0.147. The number of hydrogen-bond donors (Lipinski definition) is 1. The zero-order valence-corrected chi connectivity index (χ0v) is 17.9. The lowest BCUT2D eigenvalue weighted by molar-refractivity contribution is 0.0601. The summed E-state index contributed by atoms with van der Waals surface area (Å²) in [5, 5.41) is 5.72. The molecule has 0 saturated heterocycles. The molecule has 0 bridgehead atoms. The Balaban J connectivity index is 1.71. The molecule has 0 fully saturated rings. The summed E-state index contributed by atoms with van der Waals surface area (Å²) in [7, 11) is 1.32. The summed E-state index contributed by atoms with van der Waals surface area (Å²) >= 11 is 8.75. The SMILES string of the molecule is COC(=O)c1c(NC(=O)c2cc(COc3ccccc3Cl)cs2)sc(C)c1C. The number of amides is 1. The van der Waals surface area contributed by atoms with Crippen LogP contribution in [0.25, 0.3) is 0 Å². The van der Waals surface area contributed by atoms with Crippen LogP contribution in [-0.4, -0.2) is 19.0 Å². The zero-order chi connectivity index (χ0) is 20.3. The normalized spacial score (nSPS) is 10.6. The van der Waals surface area contributed by atoms with Crippen molar-refractivity contribution in [1.82, 2.24) is 0 Å². The first kappa shape index (κ1) is 20.4. The van der Waals surface area contributed by atoms with Crippen LogP contribution in [0.4, 0.5) is 5.00 Å². The van der Waals surface area contributed by atoms with Crippen LogP contribution in [0.3, 0.4) is 0 Å². The average Bonchev–Trinajstić information content (AvgIpc) is 3.26. The molecule has 3 rings (SSSR count). The summed E-state index contributed by atoms with van der Waals surface area (Å²) in [6, 6.07) is 8.99. The van der Waals surface area contributed by atoms with Gasteiger partial charge in [-0.15, -0.1) is 22.7 Å². The lowest BCUT2D eigenvalue weighted by Gasteiger charge is -2.06. The third kappa shape index (κ3) is 4.38. The van der Waals surface area contributed by atoms with Crippen LogP contribution >= 0.6 is 34.3 Å². The van der Waals surface area contributed by atoms with Gasteiger partial charge in [-0.1, -0.05) is 23.7 Å². The fourth-order valence-corrected chi connectivity index (χ4v) is 4.55. The van der Waals surface area contributed by atoms with E-state index in [1.54, 1.807) is 18.2 Å². The molecule has 1 amide bonds. The lowest BCUT2D eigenvalue weighted by atomic mass is 10.1. The summed E-state index contributed by atoms with van der Waals surface area (Å²) in [6.45, 7) is 4.04. The van der Waals surface area contributed by atoms with Gasteiger partial charge in [0.2, 0.25) is 0 Å². The number of thiophene rings is 2. The molecular weight excluding hydrogens is 418 g/mol. The number of methoxy groups -OCH3 is 1. The molecule has 0 spiro atoms. The minimum Gasteiger partial charge on any atom is -0.487 e. The number of carbonyl (C=O) groups excluding carboxylic acids is 2. The number of nitrogens with one attached hydrogen (secondary N) is 1. The second-order valence-corrected chi connectivity index (χ2v) is 8.51. The van der Waals surface area contributed by atoms with E-state index in [1.807, 2.05) is 31.4 Å². The number of benzene rings is 1. The number of hydrogen-bond acceptors (Lipinski definition) is 6. The van der Waals surface area contributed by atoms with Crippen LogP contribution in [0.2, 0.25) is 5.02 Å². The minimum absolute atomic E-state index is 0.277. The fourth-order valence-electron chi connectivity index (χ4n) is 2.52. The second-order valence-electron chi connectivity index (χ2n) is 5.97. The largest absolute Gasteiger partial charge is 0.487 e. The van der Waals surface area contributed by atoms with E-state index >= 15 is 0 Å². The molecule has 8 heteroatoms. The number of rotatable bonds is 6. The van der Waals surface area contributed by atoms with Gasteiger partial charge in [-0.2, -0.15) is 0 Å². The highest BCUT2D eigenvalue weighted by Crippen LogP contribution is 2.33. The van der Waals surface area contributed by atoms with Crippen molar-refractivity contribution in [3.63, 3.8) is 0 Å². The van der Waals surface area contributed by atoms with Crippen molar-refractivity contribution in [3.05, 3.63) is 67.2 Å². The zero-order valence-electron chi connectivity index (χ0n) is 15.5. The van der Waals surface area contributed by atoms with Gasteiger partial charge < -0.3 is 14.8 Å². The Morgan fingerprint density at radius 1 is 1.21 bits per heavy atom. The molecule has 28 heavy (non-hydrogen) atoms. The number of esters is 1. The number of halogens is 1. The van der Waals surface area contributed by atoms with Crippen molar-refractivity contribution in [1.29, 1.82) is 0 Å². The summed E-state index contributed by atoms with van der Waals surface area (Å²) in [6.07, 6.45) is 0. The average molecular weight is 436 g/mol. The van der Waals surface area contributed by atoms with Gasteiger partial charge in [-0.3, -0.25) is 4.79 Å². The van der Waals surface area contributed by atoms with Gasteiger partial charge >= 0.3 is 5.97 Å². The summed E-state index contributed by atoms with van der Waals surface area (Å²) < 4.78 is 10.5. The van der Waals surface area contributed by atoms with Crippen LogP contribution in [0, 0.1) is 13.8 Å². The Kier molecular flexibility index (Phi) is 6.39. The van der Waals surface area contributed by atoms with Crippen molar-refractivity contribution in [2.24, 2.45) is 0 Å². The van der Waals surface area contributed by atoms with Crippen LogP contribution < -0.4 is 10.1 Å². The van der Waals surface area contributed by atoms with E-state index < -0.39 is 5.97 Å². The van der Waals surface area contributed by atoms with Gasteiger partial charge in [-0.25, -0.2) is 4.79 Å². The molecule has 0 atom stereocenters. The highest BCUT2D eigenvalue weighted by atomic mass is 35.5. The number of ether oxygens (including phenoxy) is 2. The standard InChI is InChI=1S/C20H18ClNO4S2/c1-11-12(2)28-19(17(11)20(24)25-3)22-18(23)16-8-13(10-27-16)9-26-15-7-5-4-6-14(15)21/h4-8,10H,9H2,1-3H3,(H,22,23). The Morgan fingerprint density at radius 2 is 1.96 bits per heavy atom. The molecule has 0 aliphatic rings. The van der Waals surface area contributed by atoms with Crippen LogP contribution in [0.5, 0.6) is 5.75 Å². The number of aryl methyl sites for hydroxylation is 1. The molecule has 5 nitrogen and oxygen atoms in total. The first-order chi connectivity index (χ1) is 13.4. The molecule has 1 aromatic carbocycles. The molecule has 3 aromatic rings. The van der Waals surface area contributed by atoms with E-state index in [9.17, 15) is 9.59 Å². The second kappa shape index (κ2) is 8.77. The van der Waals surface area contributed by atoms with Gasteiger partial charge in [-0.05, 0) is 43.0 Å². The molecule has 146 valence electrons. The summed E-state index contributed by atoms with van der Waals surface area (Å²) in [4.78, 5) is 26.2. The predicted octanol–water partition coefficient (Wildman–Crippen LogP) is 5.70. The van der Waals surface area contributed by atoms with E-state index in [2.05, 4.69) is 5.32 Å². The molecule has 0 radical (unpaired) electrons. The molecule has 2 heterocycles. The van der Waals surface area contributed by atoms with Gasteiger partial charge in [0.25, 0.3) is 5.91 Å². The maximum atomic E-state index is 12.6. The molecular formula is C20H18ClNO4S2. The Morgan fingerprint density at radius 3 is 2.68 bits per heavy atom. The highest BCUT2D eigenvalue weighted by Gasteiger charge is 2.22. The van der Waals surface area contributed by atoms with Crippen LogP contribution in [0.1, 0.15) is 36.0 Å². The van der Waals surface area contributed by atoms with Crippen molar-refractivity contribution < 1.29 is 19.1 Å². The minimum atomic E-state index is -0.461. The van der Waals surface area contributed by atoms with E-state index in [0.717, 1.165) is 16.0 Å². The predicted molar refractivity (Wildman–Crippen MR) is 113 cm³/mol. The van der Waals surface area contributed by atoms with Crippen molar-refractivity contribution in [2.75, 3.05) is 12.4 Å². The van der Waals surface area contributed by atoms with E-state index in [0.29, 0.717) is 32.8 Å². The smallest absolute Gasteiger partial charge is 0.341 e. The molecule has 2 aromatic heterocycles. The van der Waals surface area contributed by atoms with Crippen LogP contribution in [0.15, 0.2) is 35.7 Å². The lowest BCUT2D eigenvalue weighted by Crippen LogP contribution is -2.13. The maximum absolute atomic E-state index is 12.6. The van der Waals surface area contributed by atoms with Gasteiger partial charge in [0, 0.05) is 10.4 Å². The maximum Gasteiger partial charge on any atom is 0.341 e. The number of anilines is 1. The summed E-state index contributed by atoms with van der Waals surface area (Å²) in [5.41, 5.74) is 2.08. The van der Waals surface area contributed by atoms with E-state index in [4.69, 9.17) is 21.1 Å². The van der Waals surface area contributed by atoms with Gasteiger partial charge in [0.05, 0.1) is 22.6 Å². The first-order valence-electron chi connectivity index (χ1n) is 8.35. The van der Waals surface area contributed by atoms with E-state index in [1.165, 1.54) is 29.8 Å². The van der Waals surface area contributed by atoms with Crippen molar-refractivity contribution in [2.45, 2.75) is 20.5 Å². The Bertz CT molecular complexity index is 1030. The van der Waals surface area contributed by atoms with Gasteiger partial charge in [0.15, 0.2) is 0 Å². The molecule has 0 saturated carbocycles. The van der Waals surface area contributed by atoms with Crippen LogP contribution in [-0.2, 0) is 11.3 Å². The van der Waals surface area contributed by atoms with Gasteiger partial charge in [0.1, 0.15) is 17.4 Å². The first-order valence-corrected chi connectivity index (χ1v) is 10.4. The quantitative estimate of drug-likeness (QED) is 0.504. The molecule has 0 aliphatic carbocycles. The highest BCUT2D eigenvalue weighted by molar-refractivity contribution is 7.17. The monoisotopic (exact) mass is 435 g/mol.